The molecule has 0 saturated heterocycles. The lowest BCUT2D eigenvalue weighted by Crippen LogP contribution is -2.31. The van der Waals surface area contributed by atoms with E-state index in [4.69, 9.17) is 13.9 Å². The number of carbonyl (C=O) groups is 2. The number of para-hydroxylation sites is 1. The molecular weight excluding hydrogens is 358 g/mol. The molecular formula is C22H23NO5. The maximum Gasteiger partial charge on any atom is 0.375 e. The lowest BCUT2D eigenvalue weighted by molar-refractivity contribution is -0.124. The van der Waals surface area contributed by atoms with E-state index >= 15 is 0 Å². The Kier molecular flexibility index (Phi) is 6.11. The van der Waals surface area contributed by atoms with Crippen molar-refractivity contribution in [3.8, 4) is 0 Å². The zero-order chi connectivity index (χ0) is 20.1. The van der Waals surface area contributed by atoms with Gasteiger partial charge in [0.15, 0.2) is 6.61 Å². The molecule has 2 aromatic carbocycles. The van der Waals surface area contributed by atoms with Gasteiger partial charge in [-0.3, -0.25) is 4.79 Å². The van der Waals surface area contributed by atoms with Crippen LogP contribution in [0.3, 0.4) is 0 Å². The second kappa shape index (κ2) is 8.71. The van der Waals surface area contributed by atoms with Crippen molar-refractivity contribution in [2.75, 3.05) is 13.7 Å². The zero-order valence-corrected chi connectivity index (χ0v) is 16.2. The number of rotatable bonds is 7. The highest BCUT2D eigenvalue weighted by molar-refractivity contribution is 5.96. The summed E-state index contributed by atoms with van der Waals surface area (Å²) >= 11 is 0. The van der Waals surface area contributed by atoms with Crippen LogP contribution in [0.4, 0.5) is 0 Å². The van der Waals surface area contributed by atoms with E-state index in [1.165, 1.54) is 7.11 Å². The van der Waals surface area contributed by atoms with Gasteiger partial charge in [0.1, 0.15) is 5.58 Å². The minimum atomic E-state index is -0.693. The molecule has 0 radical (unpaired) electrons. The highest BCUT2D eigenvalue weighted by Gasteiger charge is 2.23. The maximum absolute atomic E-state index is 12.5. The molecule has 28 heavy (non-hydrogen) atoms. The first kappa shape index (κ1) is 19.6. The summed E-state index contributed by atoms with van der Waals surface area (Å²) in [6.45, 7) is 3.69. The van der Waals surface area contributed by atoms with Crippen molar-refractivity contribution in [2.45, 2.75) is 26.5 Å². The number of ether oxygens (including phenoxy) is 2. The number of methoxy groups -OCH3 is 1. The number of esters is 1. The van der Waals surface area contributed by atoms with E-state index in [0.717, 1.165) is 16.5 Å². The van der Waals surface area contributed by atoms with Crippen molar-refractivity contribution in [1.82, 2.24) is 5.32 Å². The van der Waals surface area contributed by atoms with E-state index in [1.54, 1.807) is 6.07 Å². The van der Waals surface area contributed by atoms with Crippen molar-refractivity contribution in [3.05, 3.63) is 71.0 Å². The topological polar surface area (TPSA) is 77.8 Å². The van der Waals surface area contributed by atoms with E-state index in [-0.39, 0.29) is 24.3 Å². The van der Waals surface area contributed by atoms with Gasteiger partial charge in [0.05, 0.1) is 12.6 Å². The lowest BCUT2D eigenvalue weighted by Gasteiger charge is -2.16. The molecule has 0 spiro atoms. The van der Waals surface area contributed by atoms with Gasteiger partial charge in [-0.15, -0.1) is 0 Å². The predicted molar refractivity (Wildman–Crippen MR) is 105 cm³/mol. The fourth-order valence-corrected chi connectivity index (χ4v) is 3.18. The highest BCUT2D eigenvalue weighted by Crippen LogP contribution is 2.27. The smallest absolute Gasteiger partial charge is 0.375 e. The fourth-order valence-electron chi connectivity index (χ4n) is 3.18. The first-order valence-electron chi connectivity index (χ1n) is 9.02. The molecule has 0 bridgehead atoms. The fraction of sp³-hybridized carbons (Fsp3) is 0.273. The number of fused-ring (bicyclic) bond motifs is 1. The number of benzene rings is 2. The molecule has 1 atom stereocenters. The molecule has 1 heterocycles. The number of amides is 1. The van der Waals surface area contributed by atoms with E-state index in [2.05, 4.69) is 5.32 Å². The van der Waals surface area contributed by atoms with Crippen molar-refractivity contribution in [1.29, 1.82) is 0 Å². The van der Waals surface area contributed by atoms with Crippen LogP contribution in [0.2, 0.25) is 0 Å². The zero-order valence-electron chi connectivity index (χ0n) is 16.2. The van der Waals surface area contributed by atoms with Crippen LogP contribution in [0.15, 0.2) is 52.9 Å². The number of carbonyl (C=O) groups excluding carboxylic acids is 2. The van der Waals surface area contributed by atoms with E-state index in [0.29, 0.717) is 11.1 Å². The molecule has 0 fully saturated rings. The Bertz CT molecular complexity index is 992. The van der Waals surface area contributed by atoms with Crippen LogP contribution in [0, 0.1) is 6.92 Å². The standard InChI is InChI=1S/C22H23NO5/c1-14-8-4-5-9-16(14)15(2)23-20(24)13-27-22(25)21-18(12-26-3)17-10-6-7-11-19(17)28-21/h4-11,15H,12-13H2,1-3H3,(H,23,24). The van der Waals surface area contributed by atoms with Gasteiger partial charge in [0, 0.05) is 18.1 Å². The number of furan rings is 1. The second-order valence-electron chi connectivity index (χ2n) is 6.56. The predicted octanol–water partition coefficient (Wildman–Crippen LogP) is 3.92. The van der Waals surface area contributed by atoms with Crippen LogP contribution in [-0.4, -0.2) is 25.6 Å². The summed E-state index contributed by atoms with van der Waals surface area (Å²) in [6, 6.07) is 14.9. The van der Waals surface area contributed by atoms with Crippen molar-refractivity contribution >= 4 is 22.8 Å². The van der Waals surface area contributed by atoms with Gasteiger partial charge in [0.2, 0.25) is 5.76 Å². The molecule has 0 aliphatic rings. The Labute approximate surface area is 163 Å². The quantitative estimate of drug-likeness (QED) is 0.628. The summed E-state index contributed by atoms with van der Waals surface area (Å²) in [5.41, 5.74) is 3.27. The molecule has 6 nitrogen and oxygen atoms in total. The van der Waals surface area contributed by atoms with Crippen LogP contribution in [0.25, 0.3) is 11.0 Å². The van der Waals surface area contributed by atoms with Crippen molar-refractivity contribution < 1.29 is 23.5 Å². The van der Waals surface area contributed by atoms with Gasteiger partial charge in [-0.1, -0.05) is 42.5 Å². The van der Waals surface area contributed by atoms with E-state index < -0.39 is 12.6 Å². The largest absolute Gasteiger partial charge is 0.450 e. The van der Waals surface area contributed by atoms with Gasteiger partial charge in [-0.25, -0.2) is 4.79 Å². The minimum absolute atomic E-state index is 0.0582. The molecule has 3 aromatic rings. The molecule has 1 N–H and O–H groups in total. The SMILES string of the molecule is COCc1c(C(=O)OCC(=O)NC(C)c2ccccc2C)oc2ccccc12. The summed E-state index contributed by atoms with van der Waals surface area (Å²) < 4.78 is 16.0. The summed E-state index contributed by atoms with van der Waals surface area (Å²) in [7, 11) is 1.54. The summed E-state index contributed by atoms with van der Waals surface area (Å²) in [6.07, 6.45) is 0. The van der Waals surface area contributed by atoms with Crippen molar-refractivity contribution in [2.24, 2.45) is 0 Å². The van der Waals surface area contributed by atoms with Gasteiger partial charge >= 0.3 is 5.97 Å². The summed E-state index contributed by atoms with van der Waals surface area (Å²) in [4.78, 5) is 24.7. The Morgan fingerprint density at radius 1 is 1.11 bits per heavy atom. The van der Waals surface area contributed by atoms with Gasteiger partial charge in [-0.05, 0) is 31.0 Å². The third-order valence-electron chi connectivity index (χ3n) is 4.54. The Morgan fingerprint density at radius 3 is 2.57 bits per heavy atom. The van der Waals surface area contributed by atoms with Crippen molar-refractivity contribution in [3.63, 3.8) is 0 Å². The molecule has 1 amide bonds. The lowest BCUT2D eigenvalue weighted by atomic mass is 10.0. The van der Waals surface area contributed by atoms with Gasteiger partial charge < -0.3 is 19.2 Å². The molecule has 1 unspecified atom stereocenters. The molecule has 146 valence electrons. The Balaban J connectivity index is 1.65. The monoisotopic (exact) mass is 381 g/mol. The van der Waals surface area contributed by atoms with Crippen LogP contribution in [0.1, 0.15) is 40.2 Å². The molecule has 6 heteroatoms. The van der Waals surface area contributed by atoms with Gasteiger partial charge in [-0.2, -0.15) is 0 Å². The minimum Gasteiger partial charge on any atom is -0.450 e. The molecule has 0 aliphatic carbocycles. The third kappa shape index (κ3) is 4.23. The van der Waals surface area contributed by atoms with Gasteiger partial charge in [0.25, 0.3) is 5.91 Å². The number of nitrogens with one attached hydrogen (secondary N) is 1. The molecule has 1 aromatic heterocycles. The molecule has 0 aliphatic heterocycles. The average Bonchev–Trinajstić information content (AvgIpc) is 3.05. The third-order valence-corrected chi connectivity index (χ3v) is 4.54. The van der Waals surface area contributed by atoms with Crippen LogP contribution in [0.5, 0.6) is 0 Å². The summed E-state index contributed by atoms with van der Waals surface area (Å²) in [5.74, 6) is -1.02. The summed E-state index contributed by atoms with van der Waals surface area (Å²) in [5, 5.41) is 3.62. The van der Waals surface area contributed by atoms with Crippen LogP contribution < -0.4 is 5.32 Å². The van der Waals surface area contributed by atoms with Crippen LogP contribution in [-0.2, 0) is 20.9 Å². The van der Waals surface area contributed by atoms with Crippen LogP contribution >= 0.6 is 0 Å². The second-order valence-corrected chi connectivity index (χ2v) is 6.56. The molecule has 3 rings (SSSR count). The van der Waals surface area contributed by atoms with E-state index in [1.807, 2.05) is 56.3 Å². The van der Waals surface area contributed by atoms with E-state index in [9.17, 15) is 9.59 Å². The average molecular weight is 381 g/mol. The normalized spacial score (nSPS) is 12.0. The Morgan fingerprint density at radius 2 is 1.82 bits per heavy atom. The first-order chi connectivity index (χ1) is 13.5. The number of hydrogen-bond acceptors (Lipinski definition) is 5. The Hall–Kier alpha value is -3.12. The highest BCUT2D eigenvalue weighted by atomic mass is 16.5. The number of hydrogen-bond donors (Lipinski definition) is 1. The molecule has 0 saturated carbocycles. The maximum atomic E-state index is 12.5. The first-order valence-corrected chi connectivity index (χ1v) is 9.02. The number of aryl methyl sites for hydroxylation is 1.